The van der Waals surface area contributed by atoms with Crippen molar-refractivity contribution in [2.75, 3.05) is 18.8 Å². The number of nitrogens with zero attached hydrogens (tertiary/aromatic N) is 3. The summed E-state index contributed by atoms with van der Waals surface area (Å²) >= 11 is 1.11. The number of halogens is 4. The van der Waals surface area contributed by atoms with Crippen LogP contribution in [0.15, 0.2) is 35.5 Å². The summed E-state index contributed by atoms with van der Waals surface area (Å²) in [6.07, 6.45) is -2.02. The van der Waals surface area contributed by atoms with Gasteiger partial charge in [-0.1, -0.05) is 30.0 Å². The minimum absolute atomic E-state index is 0. The van der Waals surface area contributed by atoms with E-state index >= 15 is 0 Å². The molecule has 0 aliphatic carbocycles. The lowest BCUT2D eigenvalue weighted by molar-refractivity contribution is -0.129. The molecule has 0 saturated carbocycles. The van der Waals surface area contributed by atoms with Crippen LogP contribution in [-0.2, 0) is 6.42 Å². The number of hydrogen-bond acceptors (Lipinski definition) is 4. The van der Waals surface area contributed by atoms with E-state index in [0.717, 1.165) is 55.6 Å². The highest BCUT2D eigenvalue weighted by Gasteiger charge is 2.27. The number of thioether (sulfide) groups is 1. The molecule has 2 aromatic rings. The fourth-order valence-electron chi connectivity index (χ4n) is 2.96. The highest BCUT2D eigenvalue weighted by atomic mass is 35.5. The first-order valence-corrected chi connectivity index (χ1v) is 9.41. The van der Waals surface area contributed by atoms with Crippen LogP contribution in [-0.4, -0.2) is 39.8 Å². The van der Waals surface area contributed by atoms with E-state index in [1.165, 1.54) is 0 Å². The van der Waals surface area contributed by atoms with Gasteiger partial charge in [-0.05, 0) is 44.0 Å². The molecule has 1 aliphatic rings. The Balaban J connectivity index is 0.00000243. The lowest BCUT2D eigenvalue weighted by Gasteiger charge is -2.22. The number of aromatic nitrogens is 3. The molecular weight excluding hydrogens is 385 g/mol. The Bertz CT molecular complexity index is 672. The van der Waals surface area contributed by atoms with Crippen molar-refractivity contribution in [3.05, 3.63) is 36.2 Å². The van der Waals surface area contributed by atoms with Crippen molar-refractivity contribution in [2.45, 2.75) is 37.0 Å². The second-order valence-corrected chi connectivity index (χ2v) is 7.24. The SMILES string of the molecule is Cl.FC(F)(F)CCSc1nnc(CC2CCNCC2)n1-c1ccccc1. The maximum atomic E-state index is 12.4. The van der Waals surface area contributed by atoms with Crippen molar-refractivity contribution in [3.8, 4) is 5.69 Å². The second-order valence-electron chi connectivity index (χ2n) is 6.18. The van der Waals surface area contributed by atoms with E-state index in [-0.39, 0.29) is 18.2 Å². The predicted molar refractivity (Wildman–Crippen MR) is 99.3 cm³/mol. The Hall–Kier alpha value is -1.25. The number of rotatable bonds is 6. The minimum Gasteiger partial charge on any atom is -0.317 e. The second kappa shape index (κ2) is 9.62. The first-order chi connectivity index (χ1) is 12.0. The fourth-order valence-corrected chi connectivity index (χ4v) is 3.92. The van der Waals surface area contributed by atoms with Gasteiger partial charge in [-0.2, -0.15) is 13.2 Å². The van der Waals surface area contributed by atoms with E-state index in [4.69, 9.17) is 0 Å². The quantitative estimate of drug-likeness (QED) is 0.727. The van der Waals surface area contributed by atoms with Crippen molar-refractivity contribution in [1.29, 1.82) is 0 Å². The summed E-state index contributed by atoms with van der Waals surface area (Å²) in [6.45, 7) is 1.99. The molecule has 144 valence electrons. The molecule has 1 aliphatic heterocycles. The Labute approximate surface area is 161 Å². The lowest BCUT2D eigenvalue weighted by atomic mass is 9.94. The van der Waals surface area contributed by atoms with Gasteiger partial charge in [0.2, 0.25) is 0 Å². The standard InChI is InChI=1S/C17H21F3N4S.ClH/c18-17(19,20)8-11-25-16-23-22-15(12-13-6-9-21-10-7-13)24(16)14-4-2-1-3-5-14;/h1-5,13,21H,6-12H2;1H. The largest absolute Gasteiger partial charge is 0.389 e. The third kappa shape index (κ3) is 5.89. The van der Waals surface area contributed by atoms with Crippen LogP contribution in [0.3, 0.4) is 0 Å². The van der Waals surface area contributed by atoms with E-state index in [9.17, 15) is 13.2 Å². The highest BCUT2D eigenvalue weighted by molar-refractivity contribution is 7.99. The highest BCUT2D eigenvalue weighted by Crippen LogP contribution is 2.28. The molecule has 1 fully saturated rings. The average molecular weight is 407 g/mol. The van der Waals surface area contributed by atoms with Crippen molar-refractivity contribution >= 4 is 24.2 Å². The Morgan fingerprint density at radius 2 is 1.81 bits per heavy atom. The van der Waals surface area contributed by atoms with Gasteiger partial charge in [-0.3, -0.25) is 4.57 Å². The van der Waals surface area contributed by atoms with Crippen LogP contribution < -0.4 is 5.32 Å². The third-order valence-corrected chi connectivity index (χ3v) is 5.19. The van der Waals surface area contributed by atoms with E-state index in [1.807, 2.05) is 34.9 Å². The number of para-hydroxylation sites is 1. The minimum atomic E-state index is -4.15. The van der Waals surface area contributed by atoms with E-state index in [0.29, 0.717) is 11.1 Å². The van der Waals surface area contributed by atoms with Crippen LogP contribution >= 0.6 is 24.2 Å². The Kier molecular flexibility index (Phi) is 7.79. The van der Waals surface area contributed by atoms with Crippen molar-refractivity contribution in [1.82, 2.24) is 20.1 Å². The Morgan fingerprint density at radius 1 is 1.12 bits per heavy atom. The zero-order valence-electron chi connectivity index (χ0n) is 14.2. The molecule has 0 amide bonds. The summed E-state index contributed by atoms with van der Waals surface area (Å²) < 4.78 is 39.2. The summed E-state index contributed by atoms with van der Waals surface area (Å²) in [4.78, 5) is 0. The fraction of sp³-hybridized carbons (Fsp3) is 0.529. The molecule has 3 rings (SSSR count). The van der Waals surface area contributed by atoms with Gasteiger partial charge in [0, 0.05) is 17.9 Å². The van der Waals surface area contributed by atoms with E-state index < -0.39 is 12.6 Å². The van der Waals surface area contributed by atoms with Gasteiger partial charge in [-0.15, -0.1) is 22.6 Å². The first kappa shape index (κ1) is 21.1. The van der Waals surface area contributed by atoms with Crippen molar-refractivity contribution in [3.63, 3.8) is 0 Å². The molecule has 0 bridgehead atoms. The molecule has 1 aromatic heterocycles. The van der Waals surface area contributed by atoms with Gasteiger partial charge < -0.3 is 5.32 Å². The molecule has 9 heteroatoms. The maximum absolute atomic E-state index is 12.4. The van der Waals surface area contributed by atoms with Gasteiger partial charge in [0.25, 0.3) is 0 Å². The summed E-state index contributed by atoms with van der Waals surface area (Å²) in [7, 11) is 0. The van der Waals surface area contributed by atoms with Crippen molar-refractivity contribution in [2.24, 2.45) is 5.92 Å². The number of benzene rings is 1. The van der Waals surface area contributed by atoms with Gasteiger partial charge in [0.05, 0.1) is 6.42 Å². The average Bonchev–Trinajstić information content (AvgIpc) is 2.98. The summed E-state index contributed by atoms with van der Waals surface area (Å²) in [5.41, 5.74) is 0.894. The maximum Gasteiger partial charge on any atom is 0.389 e. The molecule has 2 heterocycles. The zero-order valence-corrected chi connectivity index (χ0v) is 15.8. The molecule has 26 heavy (non-hydrogen) atoms. The summed E-state index contributed by atoms with van der Waals surface area (Å²) in [6, 6.07) is 9.60. The third-order valence-electron chi connectivity index (χ3n) is 4.26. The first-order valence-electron chi connectivity index (χ1n) is 8.43. The summed E-state index contributed by atoms with van der Waals surface area (Å²) in [5.74, 6) is 1.30. The van der Waals surface area contributed by atoms with Crippen LogP contribution in [0, 0.1) is 5.92 Å². The van der Waals surface area contributed by atoms with Crippen LogP contribution in [0.1, 0.15) is 25.1 Å². The molecule has 1 N–H and O–H groups in total. The van der Waals surface area contributed by atoms with Gasteiger partial charge in [0.1, 0.15) is 5.82 Å². The molecule has 1 saturated heterocycles. The summed E-state index contributed by atoms with van der Waals surface area (Å²) in [5, 5.41) is 12.3. The molecule has 0 atom stereocenters. The number of hydrogen-bond donors (Lipinski definition) is 1. The molecular formula is C17H22ClF3N4S. The smallest absolute Gasteiger partial charge is 0.317 e. The van der Waals surface area contributed by atoms with Gasteiger partial charge >= 0.3 is 6.18 Å². The van der Waals surface area contributed by atoms with Crippen LogP contribution in [0.4, 0.5) is 13.2 Å². The molecule has 0 unspecified atom stereocenters. The van der Waals surface area contributed by atoms with Crippen molar-refractivity contribution < 1.29 is 13.2 Å². The molecule has 4 nitrogen and oxygen atoms in total. The number of alkyl halides is 3. The molecule has 0 radical (unpaired) electrons. The number of piperidine rings is 1. The number of nitrogens with one attached hydrogen (secondary N) is 1. The van der Waals surface area contributed by atoms with E-state index in [1.54, 1.807) is 0 Å². The molecule has 1 aromatic carbocycles. The monoisotopic (exact) mass is 406 g/mol. The van der Waals surface area contributed by atoms with Gasteiger partial charge in [-0.25, -0.2) is 0 Å². The topological polar surface area (TPSA) is 42.7 Å². The molecule has 0 spiro atoms. The predicted octanol–water partition coefficient (Wildman–Crippen LogP) is 4.28. The van der Waals surface area contributed by atoms with Crippen LogP contribution in [0.25, 0.3) is 5.69 Å². The lowest BCUT2D eigenvalue weighted by Crippen LogP contribution is -2.29. The van der Waals surface area contributed by atoms with Crippen LogP contribution in [0.2, 0.25) is 0 Å². The van der Waals surface area contributed by atoms with Gasteiger partial charge in [0.15, 0.2) is 5.16 Å². The van der Waals surface area contributed by atoms with E-state index in [2.05, 4.69) is 15.5 Å². The Morgan fingerprint density at radius 3 is 2.46 bits per heavy atom. The van der Waals surface area contributed by atoms with Crippen LogP contribution in [0.5, 0.6) is 0 Å². The normalized spacial score (nSPS) is 15.7. The zero-order chi connectivity index (χ0) is 17.7.